The van der Waals surface area contributed by atoms with E-state index in [1.54, 1.807) is 44.3 Å². The van der Waals surface area contributed by atoms with Gasteiger partial charge in [0.2, 0.25) is 0 Å². The minimum atomic E-state index is -0.619. The summed E-state index contributed by atoms with van der Waals surface area (Å²) in [7, 11) is 1.55. The van der Waals surface area contributed by atoms with Gasteiger partial charge in [-0.3, -0.25) is 10.1 Å². The van der Waals surface area contributed by atoms with E-state index in [0.29, 0.717) is 5.56 Å². The van der Waals surface area contributed by atoms with E-state index in [-0.39, 0.29) is 29.4 Å². The van der Waals surface area contributed by atoms with Gasteiger partial charge in [-0.15, -0.1) is 0 Å². The first kappa shape index (κ1) is 15.4. The molecule has 2 rings (SSSR count). The summed E-state index contributed by atoms with van der Waals surface area (Å²) in [5, 5.41) is 14.1. The molecule has 0 aliphatic carbocycles. The number of esters is 1. The van der Waals surface area contributed by atoms with Crippen LogP contribution in [0.3, 0.4) is 0 Å². The Kier molecular flexibility index (Phi) is 4.67. The number of hydrogen-bond acceptors (Lipinski definition) is 6. The normalized spacial score (nSPS) is 10.1. The maximum Gasteiger partial charge on any atom is 0.357 e. The van der Waals surface area contributed by atoms with Crippen molar-refractivity contribution in [3.63, 3.8) is 0 Å². The largest absolute Gasteiger partial charge is 0.461 e. The third-order valence-electron chi connectivity index (χ3n) is 2.98. The summed E-state index contributed by atoms with van der Waals surface area (Å²) in [6.45, 7) is 1.88. The fraction of sp³-hybridized carbons (Fsp3) is 0.200. The predicted molar refractivity (Wildman–Crippen MR) is 81.8 cm³/mol. The minimum absolute atomic E-state index is 0.0238. The van der Waals surface area contributed by atoms with Gasteiger partial charge in [-0.1, -0.05) is 30.3 Å². The molecular formula is C15H15N3O4. The van der Waals surface area contributed by atoms with E-state index in [4.69, 9.17) is 4.74 Å². The number of nitrogens with one attached hydrogen (secondary N) is 1. The molecule has 0 saturated heterocycles. The fourth-order valence-electron chi connectivity index (χ4n) is 2.02. The number of pyridine rings is 1. The van der Waals surface area contributed by atoms with Gasteiger partial charge < -0.3 is 10.1 Å². The molecule has 7 nitrogen and oxygen atoms in total. The van der Waals surface area contributed by atoms with Crippen molar-refractivity contribution in [2.24, 2.45) is 0 Å². The molecule has 7 heteroatoms. The van der Waals surface area contributed by atoms with Crippen LogP contribution in [0.25, 0.3) is 11.3 Å². The number of carbonyl (C=O) groups excluding carboxylic acids is 1. The Morgan fingerprint density at radius 2 is 2.05 bits per heavy atom. The maximum absolute atomic E-state index is 11.9. The fourth-order valence-corrected chi connectivity index (χ4v) is 2.02. The van der Waals surface area contributed by atoms with Crippen molar-refractivity contribution in [2.75, 3.05) is 19.0 Å². The van der Waals surface area contributed by atoms with Gasteiger partial charge in [0.25, 0.3) is 0 Å². The number of rotatable bonds is 5. The molecular weight excluding hydrogens is 286 g/mol. The van der Waals surface area contributed by atoms with Crippen LogP contribution in [0.1, 0.15) is 17.4 Å². The highest BCUT2D eigenvalue weighted by atomic mass is 16.6. The summed E-state index contributed by atoms with van der Waals surface area (Å²) in [4.78, 5) is 26.9. The summed E-state index contributed by atoms with van der Waals surface area (Å²) < 4.78 is 4.92. The Morgan fingerprint density at radius 3 is 2.59 bits per heavy atom. The molecule has 22 heavy (non-hydrogen) atoms. The van der Waals surface area contributed by atoms with E-state index >= 15 is 0 Å². The van der Waals surface area contributed by atoms with Gasteiger partial charge >= 0.3 is 11.7 Å². The van der Waals surface area contributed by atoms with Crippen LogP contribution >= 0.6 is 0 Å². The van der Waals surface area contributed by atoms with Crippen LogP contribution in [0, 0.1) is 10.1 Å². The number of nitrogens with zero attached hydrogens (tertiary/aromatic N) is 2. The van der Waals surface area contributed by atoms with E-state index in [2.05, 4.69) is 10.3 Å². The molecule has 1 heterocycles. The van der Waals surface area contributed by atoms with Crippen LogP contribution < -0.4 is 5.32 Å². The number of carbonyl (C=O) groups is 1. The number of anilines is 1. The number of aromatic nitrogens is 1. The molecule has 1 aromatic carbocycles. The summed E-state index contributed by atoms with van der Waals surface area (Å²) in [6.07, 6.45) is 0. The van der Waals surface area contributed by atoms with Crippen LogP contribution in [0.4, 0.5) is 11.4 Å². The number of benzene rings is 1. The number of ether oxygens (including phenoxy) is 1. The first-order chi connectivity index (χ1) is 10.6. The number of hydrogen-bond donors (Lipinski definition) is 1. The van der Waals surface area contributed by atoms with Gasteiger partial charge in [0.15, 0.2) is 11.4 Å². The van der Waals surface area contributed by atoms with Crippen LogP contribution in [0.5, 0.6) is 0 Å². The Hall–Kier alpha value is -2.96. The van der Waals surface area contributed by atoms with Gasteiger partial charge in [0.05, 0.1) is 11.5 Å². The van der Waals surface area contributed by atoms with Crippen molar-refractivity contribution in [2.45, 2.75) is 6.92 Å². The lowest BCUT2D eigenvalue weighted by molar-refractivity contribution is -0.383. The third-order valence-corrected chi connectivity index (χ3v) is 2.98. The lowest BCUT2D eigenvalue weighted by atomic mass is 10.1. The van der Waals surface area contributed by atoms with Gasteiger partial charge in [-0.05, 0) is 6.92 Å². The number of nitro groups is 1. The highest BCUT2D eigenvalue weighted by molar-refractivity contribution is 5.92. The Labute approximate surface area is 127 Å². The third kappa shape index (κ3) is 3.03. The molecule has 0 unspecified atom stereocenters. The van der Waals surface area contributed by atoms with Crippen LogP contribution in [0.15, 0.2) is 36.4 Å². The molecule has 0 bridgehead atoms. The Bertz CT molecular complexity index is 701. The topological polar surface area (TPSA) is 94.4 Å². The van der Waals surface area contributed by atoms with Crippen molar-refractivity contribution < 1.29 is 14.5 Å². The quantitative estimate of drug-likeness (QED) is 0.518. The zero-order chi connectivity index (χ0) is 16.1. The highest BCUT2D eigenvalue weighted by Gasteiger charge is 2.25. The SMILES string of the molecule is CCOC(=O)c1cc(NC)c([N+](=O)[O-])c(-c2ccccc2)n1. The van der Waals surface area contributed by atoms with E-state index in [1.165, 1.54) is 6.07 Å². The molecule has 0 spiro atoms. The molecule has 114 valence electrons. The molecule has 2 aromatic rings. The van der Waals surface area contributed by atoms with Crippen molar-refractivity contribution in [1.29, 1.82) is 0 Å². The van der Waals surface area contributed by atoms with E-state index in [1.807, 2.05) is 0 Å². The maximum atomic E-state index is 11.9. The molecule has 0 amide bonds. The zero-order valence-corrected chi connectivity index (χ0v) is 12.2. The van der Waals surface area contributed by atoms with Crippen molar-refractivity contribution in [1.82, 2.24) is 4.98 Å². The zero-order valence-electron chi connectivity index (χ0n) is 12.2. The average Bonchev–Trinajstić information content (AvgIpc) is 2.54. The second kappa shape index (κ2) is 6.66. The standard InChI is InChI=1S/C15H15N3O4/c1-3-22-15(19)12-9-11(16-2)14(18(20)21)13(17-12)10-7-5-4-6-8-10/h4-9H,3H2,1-2H3,(H,16,17). The van der Waals surface area contributed by atoms with E-state index < -0.39 is 10.9 Å². The highest BCUT2D eigenvalue weighted by Crippen LogP contribution is 2.35. The predicted octanol–water partition coefficient (Wildman–Crippen LogP) is 2.88. The van der Waals surface area contributed by atoms with Crippen molar-refractivity contribution >= 4 is 17.3 Å². The summed E-state index contributed by atoms with van der Waals surface area (Å²) in [5.41, 5.74) is 0.733. The van der Waals surface area contributed by atoms with Crippen LogP contribution in [0.2, 0.25) is 0 Å². The summed E-state index contributed by atoms with van der Waals surface area (Å²) >= 11 is 0. The average molecular weight is 301 g/mol. The first-order valence-corrected chi connectivity index (χ1v) is 6.68. The van der Waals surface area contributed by atoms with Crippen molar-refractivity contribution in [3.05, 3.63) is 52.2 Å². The van der Waals surface area contributed by atoms with Crippen molar-refractivity contribution in [3.8, 4) is 11.3 Å². The summed E-state index contributed by atoms with van der Waals surface area (Å²) in [6, 6.07) is 10.0. The van der Waals surface area contributed by atoms with Crippen LogP contribution in [-0.4, -0.2) is 29.5 Å². The van der Waals surface area contributed by atoms with Crippen LogP contribution in [-0.2, 0) is 4.74 Å². The molecule has 0 fully saturated rings. The van der Waals surface area contributed by atoms with E-state index in [0.717, 1.165) is 0 Å². The molecule has 0 saturated carbocycles. The van der Waals surface area contributed by atoms with Gasteiger partial charge in [0, 0.05) is 18.7 Å². The Balaban J connectivity index is 2.69. The minimum Gasteiger partial charge on any atom is -0.461 e. The van der Waals surface area contributed by atoms with Gasteiger partial charge in [-0.2, -0.15) is 0 Å². The van der Waals surface area contributed by atoms with Gasteiger partial charge in [-0.25, -0.2) is 9.78 Å². The lowest BCUT2D eigenvalue weighted by Gasteiger charge is -2.10. The molecule has 0 atom stereocenters. The monoisotopic (exact) mass is 301 g/mol. The first-order valence-electron chi connectivity index (χ1n) is 6.68. The molecule has 0 aliphatic rings. The second-order valence-corrected chi connectivity index (χ2v) is 4.35. The summed E-state index contributed by atoms with van der Waals surface area (Å²) in [5.74, 6) is -0.619. The lowest BCUT2D eigenvalue weighted by Crippen LogP contribution is -2.10. The second-order valence-electron chi connectivity index (χ2n) is 4.35. The Morgan fingerprint density at radius 1 is 1.36 bits per heavy atom. The molecule has 1 aromatic heterocycles. The molecule has 0 aliphatic heterocycles. The van der Waals surface area contributed by atoms with Gasteiger partial charge in [0.1, 0.15) is 5.69 Å². The molecule has 0 radical (unpaired) electrons. The smallest absolute Gasteiger partial charge is 0.357 e. The molecule has 1 N–H and O–H groups in total. The van der Waals surface area contributed by atoms with E-state index in [9.17, 15) is 14.9 Å².